The average molecular weight is 219 g/mol. The molecule has 0 unspecified atom stereocenters. The summed E-state index contributed by atoms with van der Waals surface area (Å²) in [4.78, 5) is 21.9. The summed E-state index contributed by atoms with van der Waals surface area (Å²) in [5.74, 6) is -0.442. The Kier molecular flexibility index (Phi) is 3.45. The summed E-state index contributed by atoms with van der Waals surface area (Å²) in [6, 6.07) is 1.43. The fraction of sp³-hybridized carbons (Fsp3) is 0.250. The van der Waals surface area contributed by atoms with Gasteiger partial charge in [0.2, 0.25) is 0 Å². The Morgan fingerprint density at radius 1 is 1.77 bits per heavy atom. The predicted octanol–water partition coefficient (Wildman–Crippen LogP) is 2.39. The van der Waals surface area contributed by atoms with Gasteiger partial charge in [0.15, 0.2) is 6.29 Å². The fourth-order valence-electron chi connectivity index (χ4n) is 0.766. The summed E-state index contributed by atoms with van der Waals surface area (Å²) < 4.78 is 5.06. The summed E-state index contributed by atoms with van der Waals surface area (Å²) in [6.07, 6.45) is 0.613. The fourth-order valence-corrected chi connectivity index (χ4v) is 1.86. The van der Waals surface area contributed by atoms with Crippen molar-refractivity contribution in [2.45, 2.75) is 6.92 Å². The quantitative estimate of drug-likeness (QED) is 0.578. The first-order valence-corrected chi connectivity index (χ1v) is 4.80. The summed E-state index contributed by atoms with van der Waals surface area (Å²) in [6.45, 7) is 2.03. The van der Waals surface area contributed by atoms with Crippen LogP contribution in [0.3, 0.4) is 0 Å². The molecule has 0 atom stereocenters. The van der Waals surface area contributed by atoms with Crippen molar-refractivity contribution in [1.29, 1.82) is 0 Å². The molecule has 0 saturated heterocycles. The number of thiophene rings is 1. The lowest BCUT2D eigenvalue weighted by molar-refractivity contribution is 0.0532. The number of carbonyl (C=O) groups is 2. The van der Waals surface area contributed by atoms with Crippen molar-refractivity contribution in [1.82, 2.24) is 0 Å². The lowest BCUT2D eigenvalue weighted by atomic mass is 10.3. The number of halogens is 1. The maximum absolute atomic E-state index is 11.1. The predicted molar refractivity (Wildman–Crippen MR) is 50.7 cm³/mol. The second-order valence-electron chi connectivity index (χ2n) is 2.18. The van der Waals surface area contributed by atoms with Crippen LogP contribution in [0, 0.1) is 0 Å². The van der Waals surface area contributed by atoms with E-state index in [2.05, 4.69) is 0 Å². The molecular formula is C8H7ClO3S. The highest BCUT2D eigenvalue weighted by Gasteiger charge is 2.13. The minimum Gasteiger partial charge on any atom is -0.462 e. The van der Waals surface area contributed by atoms with E-state index in [0.29, 0.717) is 27.7 Å². The van der Waals surface area contributed by atoms with E-state index in [1.165, 1.54) is 6.07 Å². The molecule has 0 aromatic carbocycles. The molecule has 0 aliphatic carbocycles. The van der Waals surface area contributed by atoms with Gasteiger partial charge in [0.05, 0.1) is 6.61 Å². The normalized spacial score (nSPS) is 9.69. The molecule has 1 rings (SSSR count). The Morgan fingerprint density at radius 2 is 2.46 bits per heavy atom. The molecule has 0 amide bonds. The summed E-state index contributed by atoms with van der Waals surface area (Å²) in [5, 5.41) is 0. The van der Waals surface area contributed by atoms with Crippen LogP contribution >= 0.6 is 22.9 Å². The van der Waals surface area contributed by atoms with Gasteiger partial charge in [0.1, 0.15) is 9.21 Å². The third kappa shape index (κ3) is 2.29. The molecule has 70 valence electrons. The maximum Gasteiger partial charge on any atom is 0.348 e. The van der Waals surface area contributed by atoms with Crippen LogP contribution in [0.1, 0.15) is 27.0 Å². The largest absolute Gasteiger partial charge is 0.462 e. The molecule has 0 aliphatic heterocycles. The lowest BCUT2D eigenvalue weighted by Gasteiger charge is -1.95. The standard InChI is InChI=1S/C8H7ClO3S/c1-2-12-8(11)6-3-5(4-10)7(9)13-6/h3-4H,2H2,1H3. The topological polar surface area (TPSA) is 43.4 Å². The molecule has 1 aromatic rings. The molecule has 0 spiro atoms. The first-order chi connectivity index (χ1) is 6.19. The second-order valence-corrected chi connectivity index (χ2v) is 3.83. The number of aldehydes is 1. The van der Waals surface area contributed by atoms with Crippen molar-refractivity contribution in [3.63, 3.8) is 0 Å². The number of rotatable bonds is 3. The summed E-state index contributed by atoms with van der Waals surface area (Å²) >= 11 is 6.72. The van der Waals surface area contributed by atoms with Gasteiger partial charge < -0.3 is 4.74 Å². The molecule has 5 heteroatoms. The van der Waals surface area contributed by atoms with Crippen molar-refractivity contribution in [3.05, 3.63) is 20.8 Å². The molecule has 1 heterocycles. The summed E-state index contributed by atoms with van der Waals surface area (Å²) in [5.41, 5.74) is 0.328. The minimum atomic E-state index is -0.442. The molecule has 3 nitrogen and oxygen atoms in total. The van der Waals surface area contributed by atoms with Crippen LogP contribution in [0.2, 0.25) is 4.34 Å². The van der Waals surface area contributed by atoms with Crippen molar-refractivity contribution < 1.29 is 14.3 Å². The zero-order valence-electron chi connectivity index (χ0n) is 6.87. The SMILES string of the molecule is CCOC(=O)c1cc(C=O)c(Cl)s1. The number of esters is 1. The molecule has 0 saturated carbocycles. The van der Waals surface area contributed by atoms with Crippen LogP contribution in [0.4, 0.5) is 0 Å². The van der Waals surface area contributed by atoms with Crippen LogP contribution in [-0.4, -0.2) is 18.9 Å². The Labute approximate surface area is 84.3 Å². The van der Waals surface area contributed by atoms with E-state index >= 15 is 0 Å². The van der Waals surface area contributed by atoms with Crippen molar-refractivity contribution in [3.8, 4) is 0 Å². The van der Waals surface area contributed by atoms with Gasteiger partial charge in [-0.2, -0.15) is 0 Å². The van der Waals surface area contributed by atoms with E-state index in [4.69, 9.17) is 16.3 Å². The van der Waals surface area contributed by atoms with E-state index in [1.807, 2.05) is 0 Å². The monoisotopic (exact) mass is 218 g/mol. The zero-order chi connectivity index (χ0) is 9.84. The van der Waals surface area contributed by atoms with Crippen LogP contribution in [0.15, 0.2) is 6.07 Å². The molecular weight excluding hydrogens is 212 g/mol. The number of hydrogen-bond acceptors (Lipinski definition) is 4. The highest BCUT2D eigenvalue weighted by Crippen LogP contribution is 2.26. The minimum absolute atomic E-state index is 0.310. The number of hydrogen-bond donors (Lipinski definition) is 0. The van der Waals surface area contributed by atoms with E-state index in [9.17, 15) is 9.59 Å². The van der Waals surface area contributed by atoms with Crippen LogP contribution in [0.25, 0.3) is 0 Å². The van der Waals surface area contributed by atoms with Gasteiger partial charge in [-0.15, -0.1) is 11.3 Å². The molecule has 0 bridgehead atoms. The lowest BCUT2D eigenvalue weighted by Crippen LogP contribution is -2.01. The Balaban J connectivity index is 2.90. The van der Waals surface area contributed by atoms with E-state index in [-0.39, 0.29) is 0 Å². The Bertz CT molecular complexity index is 332. The molecule has 0 radical (unpaired) electrons. The number of ether oxygens (including phenoxy) is 1. The van der Waals surface area contributed by atoms with Gasteiger partial charge in [0, 0.05) is 5.56 Å². The first kappa shape index (κ1) is 10.2. The van der Waals surface area contributed by atoms with Crippen molar-refractivity contribution >= 4 is 35.2 Å². The molecule has 0 N–H and O–H groups in total. The zero-order valence-corrected chi connectivity index (χ0v) is 8.45. The highest BCUT2D eigenvalue weighted by molar-refractivity contribution is 7.18. The van der Waals surface area contributed by atoms with Gasteiger partial charge in [-0.3, -0.25) is 4.79 Å². The third-order valence-electron chi connectivity index (χ3n) is 1.32. The third-order valence-corrected chi connectivity index (χ3v) is 2.69. The van der Waals surface area contributed by atoms with Gasteiger partial charge in [0.25, 0.3) is 0 Å². The average Bonchev–Trinajstić information content (AvgIpc) is 2.47. The van der Waals surface area contributed by atoms with E-state index in [0.717, 1.165) is 11.3 Å². The molecule has 13 heavy (non-hydrogen) atoms. The van der Waals surface area contributed by atoms with Gasteiger partial charge in [-0.05, 0) is 13.0 Å². The Morgan fingerprint density at radius 3 is 2.92 bits per heavy atom. The van der Waals surface area contributed by atoms with Crippen molar-refractivity contribution in [2.75, 3.05) is 6.61 Å². The maximum atomic E-state index is 11.1. The van der Waals surface area contributed by atoms with E-state index < -0.39 is 5.97 Å². The van der Waals surface area contributed by atoms with E-state index in [1.54, 1.807) is 6.92 Å². The van der Waals surface area contributed by atoms with Crippen molar-refractivity contribution in [2.24, 2.45) is 0 Å². The highest BCUT2D eigenvalue weighted by atomic mass is 35.5. The second kappa shape index (κ2) is 4.39. The molecule has 0 aliphatic rings. The molecule has 0 fully saturated rings. The van der Waals surface area contributed by atoms with Gasteiger partial charge in [-0.1, -0.05) is 11.6 Å². The van der Waals surface area contributed by atoms with Crippen LogP contribution in [0.5, 0.6) is 0 Å². The van der Waals surface area contributed by atoms with Crippen LogP contribution in [-0.2, 0) is 4.74 Å². The molecule has 1 aromatic heterocycles. The smallest absolute Gasteiger partial charge is 0.348 e. The number of carbonyl (C=O) groups excluding carboxylic acids is 2. The summed E-state index contributed by atoms with van der Waals surface area (Å²) in [7, 11) is 0. The first-order valence-electron chi connectivity index (χ1n) is 3.60. The Hall–Kier alpha value is -0.870. The van der Waals surface area contributed by atoms with Crippen LogP contribution < -0.4 is 0 Å². The van der Waals surface area contributed by atoms with Gasteiger partial charge >= 0.3 is 5.97 Å². The van der Waals surface area contributed by atoms with Gasteiger partial charge in [-0.25, -0.2) is 4.79 Å².